The van der Waals surface area contributed by atoms with Gasteiger partial charge in [0.05, 0.1) is 7.11 Å². The predicted molar refractivity (Wildman–Crippen MR) is 186 cm³/mol. The van der Waals surface area contributed by atoms with Crippen LogP contribution in [0, 0.1) is 0 Å². The highest BCUT2D eigenvalue weighted by Crippen LogP contribution is 2.47. The van der Waals surface area contributed by atoms with Crippen LogP contribution < -0.4 is 33.8 Å². The highest BCUT2D eigenvalue weighted by atomic mass is 31.2. The van der Waals surface area contributed by atoms with Gasteiger partial charge in [-0.25, -0.2) is 4.57 Å². The molecule has 1 N–H and O–H groups in total. The zero-order valence-corrected chi connectivity index (χ0v) is 29.2. The Kier molecular flexibility index (Phi) is 11.5. The van der Waals surface area contributed by atoms with Crippen molar-refractivity contribution in [1.29, 1.82) is 0 Å². The molecule has 0 aliphatic carbocycles. The van der Waals surface area contributed by atoms with E-state index in [1.54, 1.807) is 48.5 Å². The van der Waals surface area contributed by atoms with Gasteiger partial charge in [-0.1, -0.05) is 48.5 Å². The standard InChI is InChI=1S/C37H32NO13P/c1-22(39)46-31-16-15-26(18-33(31)47-23(2)40)32-21-30(42)36-34(48-24(3)41)19-28(20-35(36)49-32)51-52(44,50-27-13-9-6-10-14-27)38-29(37(43)45-4)17-25-11-7-5-8-12-25/h5-16,18-21,29H,17H2,1-4H3,(H,38,44)/t29-,52?/m0/s1. The van der Waals surface area contributed by atoms with Crippen LogP contribution in [0.25, 0.3) is 22.3 Å². The first-order chi connectivity index (χ1) is 24.8. The molecule has 0 saturated carbocycles. The van der Waals surface area contributed by atoms with Gasteiger partial charge in [-0.05, 0) is 42.3 Å². The molecule has 0 bridgehead atoms. The van der Waals surface area contributed by atoms with E-state index in [1.165, 1.54) is 50.4 Å². The summed E-state index contributed by atoms with van der Waals surface area (Å²) in [6.07, 6.45) is 0.0409. The number of hydrogen-bond donors (Lipinski definition) is 1. The van der Waals surface area contributed by atoms with Gasteiger partial charge in [-0.2, -0.15) is 5.09 Å². The zero-order chi connectivity index (χ0) is 37.4. The fourth-order valence-electron chi connectivity index (χ4n) is 4.99. The first-order valence-corrected chi connectivity index (χ1v) is 17.1. The van der Waals surface area contributed by atoms with E-state index in [-0.39, 0.29) is 57.5 Å². The number of hydrogen-bond acceptors (Lipinski definition) is 13. The predicted octanol–water partition coefficient (Wildman–Crippen LogP) is 6.18. The third-order valence-corrected chi connectivity index (χ3v) is 8.56. The van der Waals surface area contributed by atoms with Gasteiger partial charge in [-0.3, -0.25) is 24.0 Å². The largest absolute Gasteiger partial charge is 0.513 e. The number of ether oxygens (including phenoxy) is 4. The summed E-state index contributed by atoms with van der Waals surface area (Å²) in [7, 11) is -3.40. The molecule has 1 heterocycles. The van der Waals surface area contributed by atoms with Crippen molar-refractivity contribution >= 4 is 42.6 Å². The minimum Gasteiger partial charge on any atom is -0.468 e. The Morgan fingerprint density at radius 3 is 1.94 bits per heavy atom. The lowest BCUT2D eigenvalue weighted by Crippen LogP contribution is -2.39. The SMILES string of the molecule is COC(=O)[C@H](Cc1ccccc1)NP(=O)(Oc1ccccc1)Oc1cc(OC(C)=O)c2c(=O)cc(-c3ccc(OC(C)=O)c(OC(C)=O)c3)oc2c1. The summed E-state index contributed by atoms with van der Waals surface area (Å²) in [5, 5.41) is 2.52. The molecule has 0 amide bonds. The maximum Gasteiger partial charge on any atom is 0.513 e. The molecule has 0 spiro atoms. The number of para-hydroxylation sites is 1. The van der Waals surface area contributed by atoms with Crippen molar-refractivity contribution in [2.75, 3.05) is 7.11 Å². The summed E-state index contributed by atoms with van der Waals surface area (Å²) in [5.74, 6) is -3.54. The fourth-order valence-corrected chi connectivity index (χ4v) is 6.49. The molecular weight excluding hydrogens is 697 g/mol. The molecule has 5 aromatic rings. The lowest BCUT2D eigenvalue weighted by molar-refractivity contribution is -0.142. The molecule has 0 saturated heterocycles. The molecule has 4 aromatic carbocycles. The molecule has 14 nitrogen and oxygen atoms in total. The quantitative estimate of drug-likeness (QED) is 0.0824. The Bertz CT molecular complexity index is 2240. The number of nitrogens with one attached hydrogen (secondary N) is 1. The number of benzene rings is 4. The van der Waals surface area contributed by atoms with E-state index in [1.807, 2.05) is 0 Å². The molecule has 1 unspecified atom stereocenters. The van der Waals surface area contributed by atoms with Gasteiger partial charge in [0.2, 0.25) is 0 Å². The van der Waals surface area contributed by atoms with E-state index >= 15 is 0 Å². The number of esters is 4. The van der Waals surface area contributed by atoms with Crippen molar-refractivity contribution in [2.45, 2.75) is 33.2 Å². The first kappa shape index (κ1) is 37.0. The van der Waals surface area contributed by atoms with Crippen molar-refractivity contribution in [1.82, 2.24) is 5.09 Å². The number of carbonyl (C=O) groups is 4. The summed E-state index contributed by atoms with van der Waals surface area (Å²) in [4.78, 5) is 62.0. The molecule has 1 aromatic heterocycles. The molecule has 15 heteroatoms. The van der Waals surface area contributed by atoms with Gasteiger partial charge in [0.25, 0.3) is 0 Å². The zero-order valence-electron chi connectivity index (χ0n) is 28.3. The molecule has 0 fully saturated rings. The van der Waals surface area contributed by atoms with Gasteiger partial charge >= 0.3 is 31.6 Å². The van der Waals surface area contributed by atoms with Crippen LogP contribution >= 0.6 is 7.75 Å². The summed E-state index contributed by atoms with van der Waals surface area (Å²) >= 11 is 0. The molecule has 52 heavy (non-hydrogen) atoms. The van der Waals surface area contributed by atoms with E-state index < -0.39 is 43.1 Å². The molecule has 0 radical (unpaired) electrons. The first-order valence-electron chi connectivity index (χ1n) is 15.6. The van der Waals surface area contributed by atoms with Crippen LogP contribution in [0.15, 0.2) is 106 Å². The van der Waals surface area contributed by atoms with Gasteiger partial charge in [-0.15, -0.1) is 0 Å². The second kappa shape index (κ2) is 16.2. The summed E-state index contributed by atoms with van der Waals surface area (Å²) in [6, 6.07) is 23.3. The molecule has 2 atom stereocenters. The summed E-state index contributed by atoms with van der Waals surface area (Å²) in [6.45, 7) is 3.45. The maximum absolute atomic E-state index is 14.6. The van der Waals surface area contributed by atoms with Gasteiger partial charge < -0.3 is 32.4 Å². The van der Waals surface area contributed by atoms with Crippen molar-refractivity contribution in [3.8, 4) is 40.1 Å². The smallest absolute Gasteiger partial charge is 0.468 e. The van der Waals surface area contributed by atoms with Gasteiger partial charge in [0, 0.05) is 44.5 Å². The number of fused-ring (bicyclic) bond motifs is 1. The van der Waals surface area contributed by atoms with Crippen molar-refractivity contribution in [3.05, 3.63) is 113 Å². The third kappa shape index (κ3) is 9.50. The Hall–Kier alpha value is -6.24. The molecule has 0 aliphatic heterocycles. The third-order valence-electron chi connectivity index (χ3n) is 7.03. The lowest BCUT2D eigenvalue weighted by atomic mass is 10.1. The molecule has 268 valence electrons. The van der Waals surface area contributed by atoms with Gasteiger partial charge in [0.1, 0.15) is 40.0 Å². The summed E-state index contributed by atoms with van der Waals surface area (Å²) < 4.78 is 53.1. The van der Waals surface area contributed by atoms with Crippen LogP contribution in [0.3, 0.4) is 0 Å². The van der Waals surface area contributed by atoms with E-state index in [2.05, 4.69) is 5.09 Å². The second-order valence-electron chi connectivity index (χ2n) is 11.1. The van der Waals surface area contributed by atoms with Crippen LogP contribution in [-0.4, -0.2) is 37.0 Å². The molecule has 0 aliphatic rings. The van der Waals surface area contributed by atoms with Crippen LogP contribution in [0.1, 0.15) is 26.3 Å². The summed E-state index contributed by atoms with van der Waals surface area (Å²) in [5.41, 5.74) is 0.127. The van der Waals surface area contributed by atoms with Gasteiger partial charge in [0.15, 0.2) is 16.9 Å². The van der Waals surface area contributed by atoms with Crippen molar-refractivity contribution in [3.63, 3.8) is 0 Å². The Balaban J connectivity index is 1.61. The van der Waals surface area contributed by atoms with E-state index in [9.17, 15) is 28.5 Å². The van der Waals surface area contributed by atoms with E-state index in [0.29, 0.717) is 5.56 Å². The Morgan fingerprint density at radius 1 is 0.712 bits per heavy atom. The average molecular weight is 730 g/mol. The second-order valence-corrected chi connectivity index (χ2v) is 12.7. The number of methoxy groups -OCH3 is 1. The maximum atomic E-state index is 14.6. The molecular formula is C37H32NO13P. The topological polar surface area (TPSA) is 183 Å². The highest BCUT2D eigenvalue weighted by Gasteiger charge is 2.36. The van der Waals surface area contributed by atoms with Crippen LogP contribution in [-0.2, 0) is 34.9 Å². The fraction of sp³-hybridized carbons (Fsp3) is 0.162. The number of carbonyl (C=O) groups excluding carboxylic acids is 4. The van der Waals surface area contributed by atoms with E-state index in [0.717, 1.165) is 26.0 Å². The van der Waals surface area contributed by atoms with Crippen LogP contribution in [0.4, 0.5) is 0 Å². The van der Waals surface area contributed by atoms with Crippen LogP contribution in [0.5, 0.6) is 28.7 Å². The van der Waals surface area contributed by atoms with Crippen LogP contribution in [0.2, 0.25) is 0 Å². The molecule has 5 rings (SSSR count). The highest BCUT2D eigenvalue weighted by molar-refractivity contribution is 7.52. The van der Waals surface area contributed by atoms with Crippen molar-refractivity contribution < 1.29 is 56.2 Å². The Labute approximate surface area is 296 Å². The minimum absolute atomic E-state index is 0.0401. The normalized spacial score (nSPS) is 12.5. The number of rotatable bonds is 13. The lowest BCUT2D eigenvalue weighted by Gasteiger charge is -2.25. The van der Waals surface area contributed by atoms with Crippen molar-refractivity contribution in [2.24, 2.45) is 0 Å². The average Bonchev–Trinajstić information content (AvgIpc) is 3.08. The Morgan fingerprint density at radius 2 is 1.31 bits per heavy atom. The monoisotopic (exact) mass is 729 g/mol. The van der Waals surface area contributed by atoms with E-state index in [4.69, 9.17) is 32.4 Å². The minimum atomic E-state index is -4.58.